The van der Waals surface area contributed by atoms with E-state index in [0.717, 1.165) is 0 Å². The van der Waals surface area contributed by atoms with Crippen LogP contribution in [0.15, 0.2) is 42.5 Å². The van der Waals surface area contributed by atoms with Crippen LogP contribution in [0.4, 0.5) is 0 Å². The lowest BCUT2D eigenvalue weighted by atomic mass is 9.93. The molecule has 0 saturated heterocycles. The second-order valence-corrected chi connectivity index (χ2v) is 5.84. The number of nitrogens with one attached hydrogen (secondary N) is 1. The molecule has 0 aromatic heterocycles. The normalized spacial score (nSPS) is 18.2. The third-order valence-corrected chi connectivity index (χ3v) is 4.40. The minimum Gasteiger partial charge on any atom is -0.394 e. The first kappa shape index (κ1) is 13.6. The monoisotopic (exact) mass is 269 g/mol. The Labute approximate surface area is 120 Å². The second-order valence-electron chi connectivity index (χ2n) is 5.84. The Bertz CT molecular complexity index is 560. The molecule has 0 spiro atoms. The zero-order valence-corrected chi connectivity index (χ0v) is 11.9. The molecule has 1 unspecified atom stereocenters. The molecule has 2 heteroatoms. The Hall–Kier alpha value is -1.38. The minimum atomic E-state index is 0.0581. The van der Waals surface area contributed by atoms with Crippen molar-refractivity contribution in [1.82, 2.24) is 5.32 Å². The van der Waals surface area contributed by atoms with Crippen molar-refractivity contribution in [1.29, 1.82) is 0 Å². The smallest absolute Gasteiger partial charge is 0.0626 e. The first-order chi connectivity index (χ1) is 9.86. The van der Waals surface area contributed by atoms with E-state index in [0.29, 0.717) is 6.04 Å². The molecule has 2 N–H and O–H groups in total. The summed E-state index contributed by atoms with van der Waals surface area (Å²) < 4.78 is 0. The number of aliphatic hydroxyl groups is 1. The molecule has 20 heavy (non-hydrogen) atoms. The van der Waals surface area contributed by atoms with Gasteiger partial charge in [0.05, 0.1) is 12.6 Å². The molecule has 1 atom stereocenters. The van der Waals surface area contributed by atoms with Gasteiger partial charge in [-0.05, 0) is 35.2 Å². The van der Waals surface area contributed by atoms with Gasteiger partial charge in [0.15, 0.2) is 0 Å². The maximum Gasteiger partial charge on any atom is 0.0626 e. The molecule has 0 amide bonds. The van der Waals surface area contributed by atoms with Crippen molar-refractivity contribution < 1.29 is 5.11 Å². The fraction of sp³-hybridized carbons (Fsp3) is 0.444. The summed E-state index contributed by atoms with van der Waals surface area (Å²) >= 11 is 0. The van der Waals surface area contributed by atoms with Crippen molar-refractivity contribution in [3.63, 3.8) is 0 Å². The maximum absolute atomic E-state index is 9.72. The molecule has 1 aliphatic rings. The highest BCUT2D eigenvalue weighted by atomic mass is 16.3. The van der Waals surface area contributed by atoms with Crippen molar-refractivity contribution in [2.24, 2.45) is 0 Å². The summed E-state index contributed by atoms with van der Waals surface area (Å²) in [7, 11) is 0. The summed E-state index contributed by atoms with van der Waals surface area (Å²) in [6.07, 6.45) is 6.47. The maximum atomic E-state index is 9.72. The fourth-order valence-electron chi connectivity index (χ4n) is 3.23. The van der Waals surface area contributed by atoms with Gasteiger partial charge in [-0.25, -0.2) is 0 Å². The quantitative estimate of drug-likeness (QED) is 0.885. The zero-order valence-electron chi connectivity index (χ0n) is 11.9. The van der Waals surface area contributed by atoms with Crippen molar-refractivity contribution in [3.05, 3.63) is 48.0 Å². The molecule has 106 valence electrons. The van der Waals surface area contributed by atoms with E-state index in [2.05, 4.69) is 47.8 Å². The lowest BCUT2D eigenvalue weighted by molar-refractivity contribution is 0.220. The van der Waals surface area contributed by atoms with E-state index in [4.69, 9.17) is 0 Å². The van der Waals surface area contributed by atoms with E-state index in [9.17, 15) is 5.11 Å². The van der Waals surface area contributed by atoms with Crippen LogP contribution in [0.25, 0.3) is 10.8 Å². The van der Waals surface area contributed by atoms with Gasteiger partial charge in [-0.1, -0.05) is 55.7 Å². The van der Waals surface area contributed by atoms with Crippen LogP contribution in [0.1, 0.15) is 43.7 Å². The van der Waals surface area contributed by atoms with Gasteiger partial charge in [0.2, 0.25) is 0 Å². The van der Waals surface area contributed by atoms with Crippen molar-refractivity contribution >= 4 is 10.8 Å². The van der Waals surface area contributed by atoms with Gasteiger partial charge in [-0.2, -0.15) is 0 Å². The van der Waals surface area contributed by atoms with Gasteiger partial charge >= 0.3 is 0 Å². The third-order valence-electron chi connectivity index (χ3n) is 4.40. The topological polar surface area (TPSA) is 32.3 Å². The van der Waals surface area contributed by atoms with Crippen LogP contribution in [0.5, 0.6) is 0 Å². The van der Waals surface area contributed by atoms with Gasteiger partial charge in [-0.3, -0.25) is 0 Å². The van der Waals surface area contributed by atoms with Gasteiger partial charge in [-0.15, -0.1) is 0 Å². The summed E-state index contributed by atoms with van der Waals surface area (Å²) in [5, 5.41) is 15.9. The summed E-state index contributed by atoms with van der Waals surface area (Å²) in [4.78, 5) is 0. The highest BCUT2D eigenvalue weighted by Crippen LogP contribution is 2.24. The zero-order chi connectivity index (χ0) is 13.8. The molecule has 0 bridgehead atoms. The molecule has 1 fully saturated rings. The van der Waals surface area contributed by atoms with Crippen molar-refractivity contribution in [3.8, 4) is 0 Å². The SMILES string of the molecule is OCC(NC1CCCCC1)c1ccc2ccccc2c1. The highest BCUT2D eigenvalue weighted by molar-refractivity contribution is 5.83. The Morgan fingerprint density at radius 2 is 1.75 bits per heavy atom. The predicted octanol–water partition coefficient (Wildman–Crippen LogP) is 3.80. The van der Waals surface area contributed by atoms with Crippen LogP contribution in [-0.2, 0) is 0 Å². The Morgan fingerprint density at radius 3 is 2.50 bits per heavy atom. The first-order valence-corrected chi connectivity index (χ1v) is 7.72. The van der Waals surface area contributed by atoms with Crippen molar-refractivity contribution in [2.45, 2.75) is 44.2 Å². The first-order valence-electron chi connectivity index (χ1n) is 7.72. The predicted molar refractivity (Wildman–Crippen MR) is 83.8 cm³/mol. The molecule has 2 aromatic carbocycles. The van der Waals surface area contributed by atoms with Gasteiger partial charge in [0.1, 0.15) is 0 Å². The van der Waals surface area contributed by atoms with E-state index in [-0.39, 0.29) is 12.6 Å². The van der Waals surface area contributed by atoms with Crippen LogP contribution in [0.2, 0.25) is 0 Å². The van der Waals surface area contributed by atoms with E-state index >= 15 is 0 Å². The van der Waals surface area contributed by atoms with Gasteiger partial charge in [0, 0.05) is 6.04 Å². The Morgan fingerprint density at radius 1 is 1.00 bits per heavy atom. The summed E-state index contributed by atoms with van der Waals surface area (Å²) in [5.74, 6) is 0. The summed E-state index contributed by atoms with van der Waals surface area (Å²) in [5.41, 5.74) is 1.19. The molecule has 1 aliphatic carbocycles. The average molecular weight is 269 g/mol. The van der Waals surface area contributed by atoms with Crippen LogP contribution in [0, 0.1) is 0 Å². The fourth-order valence-corrected chi connectivity index (χ4v) is 3.23. The van der Waals surface area contributed by atoms with E-state index < -0.39 is 0 Å². The molecule has 2 aromatic rings. The van der Waals surface area contributed by atoms with E-state index in [1.54, 1.807) is 0 Å². The van der Waals surface area contributed by atoms with Crippen LogP contribution >= 0.6 is 0 Å². The van der Waals surface area contributed by atoms with E-state index in [1.807, 2.05) is 0 Å². The number of fused-ring (bicyclic) bond motifs is 1. The Kier molecular flexibility index (Phi) is 4.34. The van der Waals surface area contributed by atoms with Gasteiger partial charge < -0.3 is 10.4 Å². The number of rotatable bonds is 4. The molecular weight excluding hydrogens is 246 g/mol. The van der Waals surface area contributed by atoms with Crippen LogP contribution < -0.4 is 5.32 Å². The third kappa shape index (κ3) is 3.02. The molecule has 3 rings (SSSR count). The molecular formula is C18H23NO. The molecule has 0 heterocycles. The average Bonchev–Trinajstić information content (AvgIpc) is 2.53. The lowest BCUT2D eigenvalue weighted by Crippen LogP contribution is -2.36. The number of aliphatic hydroxyl groups excluding tert-OH is 1. The second kappa shape index (κ2) is 6.38. The standard InChI is InChI=1S/C18H23NO/c20-13-18(19-17-8-2-1-3-9-17)16-11-10-14-6-4-5-7-15(14)12-16/h4-7,10-12,17-20H,1-3,8-9,13H2. The van der Waals surface area contributed by atoms with E-state index in [1.165, 1.54) is 48.4 Å². The van der Waals surface area contributed by atoms with Crippen LogP contribution in [-0.4, -0.2) is 17.8 Å². The summed E-state index contributed by atoms with van der Waals surface area (Å²) in [6, 6.07) is 15.5. The minimum absolute atomic E-state index is 0.0581. The molecule has 0 aliphatic heterocycles. The van der Waals surface area contributed by atoms with Crippen LogP contribution in [0.3, 0.4) is 0 Å². The lowest BCUT2D eigenvalue weighted by Gasteiger charge is -2.28. The number of hydrogen-bond donors (Lipinski definition) is 2. The van der Waals surface area contributed by atoms with Crippen molar-refractivity contribution in [2.75, 3.05) is 6.61 Å². The highest BCUT2D eigenvalue weighted by Gasteiger charge is 2.18. The Balaban J connectivity index is 1.79. The number of hydrogen-bond acceptors (Lipinski definition) is 2. The molecule has 0 radical (unpaired) electrons. The molecule has 2 nitrogen and oxygen atoms in total. The summed E-state index contributed by atoms with van der Waals surface area (Å²) in [6.45, 7) is 0.162. The molecule has 1 saturated carbocycles. The number of benzene rings is 2. The largest absolute Gasteiger partial charge is 0.394 e. The van der Waals surface area contributed by atoms with Gasteiger partial charge in [0.25, 0.3) is 0 Å².